The normalized spacial score (nSPS) is 13.5. The van der Waals surface area contributed by atoms with Gasteiger partial charge in [-0.05, 0) is 17.6 Å². The Hall–Kier alpha value is -2.40. The van der Waals surface area contributed by atoms with Crippen molar-refractivity contribution >= 4 is 28.0 Å². The van der Waals surface area contributed by atoms with Crippen LogP contribution in [0, 0.1) is 5.92 Å². The SMILES string of the molecule is CC(C)C(NS(=O)(=O)/C=C/c1ccccc1)C(=O)OCC(=O)NCC(F)(F)F. The lowest BCUT2D eigenvalue weighted by Crippen LogP contribution is -2.45. The summed E-state index contributed by atoms with van der Waals surface area (Å²) in [6.45, 7) is 0.561. The molecule has 0 aliphatic carbocycles. The Morgan fingerprint density at radius 1 is 1.18 bits per heavy atom. The van der Waals surface area contributed by atoms with Gasteiger partial charge in [-0.1, -0.05) is 44.2 Å². The molecule has 0 heterocycles. The Morgan fingerprint density at radius 3 is 2.32 bits per heavy atom. The summed E-state index contributed by atoms with van der Waals surface area (Å²) in [5, 5.41) is 2.42. The van der Waals surface area contributed by atoms with Crippen molar-refractivity contribution in [1.82, 2.24) is 10.0 Å². The number of benzene rings is 1. The van der Waals surface area contributed by atoms with Gasteiger partial charge in [-0.2, -0.15) is 17.9 Å². The molecular formula is C17H21F3N2O5S. The number of hydrogen-bond acceptors (Lipinski definition) is 5. The van der Waals surface area contributed by atoms with Gasteiger partial charge in [-0.15, -0.1) is 0 Å². The van der Waals surface area contributed by atoms with Crippen LogP contribution in [0.2, 0.25) is 0 Å². The van der Waals surface area contributed by atoms with Crippen molar-refractivity contribution in [2.45, 2.75) is 26.1 Å². The molecular weight excluding hydrogens is 401 g/mol. The van der Waals surface area contributed by atoms with E-state index in [1.807, 2.05) is 0 Å². The number of halogens is 3. The zero-order valence-electron chi connectivity index (χ0n) is 15.2. The molecule has 1 atom stereocenters. The molecule has 1 rings (SSSR count). The minimum Gasteiger partial charge on any atom is -0.454 e. The molecule has 0 saturated heterocycles. The summed E-state index contributed by atoms with van der Waals surface area (Å²) in [4.78, 5) is 23.4. The summed E-state index contributed by atoms with van der Waals surface area (Å²) in [5.74, 6) is -2.76. The second kappa shape index (κ2) is 10.2. The smallest absolute Gasteiger partial charge is 0.405 e. The minimum absolute atomic E-state index is 0.536. The largest absolute Gasteiger partial charge is 0.454 e. The summed E-state index contributed by atoms with van der Waals surface area (Å²) in [6.07, 6.45) is -3.27. The van der Waals surface area contributed by atoms with Crippen molar-refractivity contribution in [2.24, 2.45) is 5.92 Å². The highest BCUT2D eigenvalue weighted by Crippen LogP contribution is 2.12. The van der Waals surface area contributed by atoms with Gasteiger partial charge in [0.15, 0.2) is 6.61 Å². The Morgan fingerprint density at radius 2 is 1.79 bits per heavy atom. The van der Waals surface area contributed by atoms with Gasteiger partial charge in [-0.3, -0.25) is 9.59 Å². The van der Waals surface area contributed by atoms with E-state index in [-0.39, 0.29) is 0 Å². The van der Waals surface area contributed by atoms with Gasteiger partial charge in [0.2, 0.25) is 10.0 Å². The van der Waals surface area contributed by atoms with Crippen molar-refractivity contribution in [2.75, 3.05) is 13.2 Å². The lowest BCUT2D eigenvalue weighted by Gasteiger charge is -2.19. The Labute approximate surface area is 161 Å². The average molecular weight is 422 g/mol. The van der Waals surface area contributed by atoms with Gasteiger partial charge in [-0.25, -0.2) is 8.42 Å². The topological polar surface area (TPSA) is 102 Å². The molecule has 1 unspecified atom stereocenters. The van der Waals surface area contributed by atoms with Crippen LogP contribution in [-0.2, 0) is 24.3 Å². The predicted octanol–water partition coefficient (Wildman–Crippen LogP) is 1.82. The summed E-state index contributed by atoms with van der Waals surface area (Å²) in [7, 11) is -4.02. The van der Waals surface area contributed by atoms with Gasteiger partial charge >= 0.3 is 12.1 Å². The monoisotopic (exact) mass is 422 g/mol. The van der Waals surface area contributed by atoms with E-state index in [2.05, 4.69) is 9.46 Å². The number of ether oxygens (including phenoxy) is 1. The number of alkyl halides is 3. The molecule has 0 radical (unpaired) electrons. The number of rotatable bonds is 9. The fraction of sp³-hybridized carbons (Fsp3) is 0.412. The van der Waals surface area contributed by atoms with E-state index in [4.69, 9.17) is 0 Å². The Balaban J connectivity index is 2.67. The van der Waals surface area contributed by atoms with Gasteiger partial charge in [0.25, 0.3) is 5.91 Å². The van der Waals surface area contributed by atoms with Crippen molar-refractivity contribution in [1.29, 1.82) is 0 Å². The van der Waals surface area contributed by atoms with Gasteiger partial charge < -0.3 is 10.1 Å². The predicted molar refractivity (Wildman–Crippen MR) is 96.2 cm³/mol. The number of carbonyl (C=O) groups excluding carboxylic acids is 2. The lowest BCUT2D eigenvalue weighted by atomic mass is 10.1. The van der Waals surface area contributed by atoms with Crippen LogP contribution in [0.3, 0.4) is 0 Å². The molecule has 0 fully saturated rings. The quantitative estimate of drug-likeness (QED) is 0.591. The zero-order chi connectivity index (χ0) is 21.4. The van der Waals surface area contributed by atoms with Gasteiger partial charge in [0.1, 0.15) is 12.6 Å². The first-order chi connectivity index (χ1) is 12.9. The molecule has 0 aliphatic heterocycles. The highest BCUT2D eigenvalue weighted by Gasteiger charge is 2.30. The van der Waals surface area contributed by atoms with Crippen LogP contribution < -0.4 is 10.0 Å². The lowest BCUT2D eigenvalue weighted by molar-refractivity contribution is -0.153. The second-order valence-electron chi connectivity index (χ2n) is 6.10. The molecule has 156 valence electrons. The fourth-order valence-corrected chi connectivity index (χ4v) is 3.02. The van der Waals surface area contributed by atoms with Crippen molar-refractivity contribution in [3.05, 3.63) is 41.3 Å². The Kier molecular flexibility index (Phi) is 8.64. The van der Waals surface area contributed by atoms with Crippen molar-refractivity contribution in [3.8, 4) is 0 Å². The third-order valence-corrected chi connectivity index (χ3v) is 4.36. The first kappa shape index (κ1) is 23.6. The molecule has 1 aromatic carbocycles. The number of hydrogen-bond donors (Lipinski definition) is 2. The van der Waals surface area contributed by atoms with Crippen molar-refractivity contribution in [3.63, 3.8) is 0 Å². The third-order valence-electron chi connectivity index (χ3n) is 3.28. The van der Waals surface area contributed by atoms with Crippen LogP contribution in [0.15, 0.2) is 35.7 Å². The molecule has 11 heteroatoms. The van der Waals surface area contributed by atoms with Crippen LogP contribution in [-0.4, -0.2) is 45.7 Å². The molecule has 2 N–H and O–H groups in total. The first-order valence-electron chi connectivity index (χ1n) is 8.15. The fourth-order valence-electron chi connectivity index (χ4n) is 1.88. The van der Waals surface area contributed by atoms with Crippen LogP contribution in [0.25, 0.3) is 6.08 Å². The molecule has 28 heavy (non-hydrogen) atoms. The molecule has 0 aliphatic rings. The average Bonchev–Trinajstić information content (AvgIpc) is 2.61. The maximum Gasteiger partial charge on any atom is 0.405 e. The van der Waals surface area contributed by atoms with E-state index < -0.39 is 53.2 Å². The molecule has 1 aromatic rings. The number of carbonyl (C=O) groups is 2. The van der Waals surface area contributed by atoms with Gasteiger partial charge in [0.05, 0.1) is 0 Å². The molecule has 7 nitrogen and oxygen atoms in total. The van der Waals surface area contributed by atoms with Crippen molar-refractivity contribution < 1.29 is 35.9 Å². The number of esters is 1. The van der Waals surface area contributed by atoms with E-state index in [9.17, 15) is 31.2 Å². The van der Waals surface area contributed by atoms with Crippen LogP contribution in [0.5, 0.6) is 0 Å². The van der Waals surface area contributed by atoms with Crippen LogP contribution >= 0.6 is 0 Å². The standard InChI is InChI=1S/C17H21F3N2O5S/c1-12(2)15(16(24)27-10-14(23)21-11-17(18,19)20)22-28(25,26)9-8-13-6-4-3-5-7-13/h3-9,12,15,22H,10-11H2,1-2H3,(H,21,23)/b9-8+. The van der Waals surface area contributed by atoms with Crippen LogP contribution in [0.4, 0.5) is 13.2 Å². The highest BCUT2D eigenvalue weighted by atomic mass is 32.2. The maximum absolute atomic E-state index is 12.2. The second-order valence-corrected chi connectivity index (χ2v) is 7.70. The molecule has 0 saturated carbocycles. The summed E-state index contributed by atoms with van der Waals surface area (Å²) >= 11 is 0. The molecule has 0 aromatic heterocycles. The van der Waals surface area contributed by atoms with Crippen LogP contribution in [0.1, 0.15) is 19.4 Å². The summed E-state index contributed by atoms with van der Waals surface area (Å²) in [5.41, 5.74) is 0.623. The van der Waals surface area contributed by atoms with E-state index in [0.717, 1.165) is 5.41 Å². The Bertz CT molecular complexity index is 793. The maximum atomic E-state index is 12.2. The highest BCUT2D eigenvalue weighted by molar-refractivity contribution is 7.92. The zero-order valence-corrected chi connectivity index (χ0v) is 16.0. The van der Waals surface area contributed by atoms with E-state index in [0.29, 0.717) is 5.56 Å². The first-order valence-corrected chi connectivity index (χ1v) is 9.70. The number of amides is 1. The minimum atomic E-state index is -4.60. The molecule has 1 amide bonds. The molecule has 0 bridgehead atoms. The number of nitrogens with one attached hydrogen (secondary N) is 2. The third kappa shape index (κ3) is 9.51. The van der Waals surface area contributed by atoms with E-state index >= 15 is 0 Å². The summed E-state index contributed by atoms with van der Waals surface area (Å²) < 4.78 is 67.2. The van der Waals surface area contributed by atoms with E-state index in [1.165, 1.54) is 6.08 Å². The number of sulfonamides is 1. The van der Waals surface area contributed by atoms with E-state index in [1.54, 1.807) is 49.5 Å². The summed E-state index contributed by atoms with van der Waals surface area (Å²) in [6, 6.07) is 7.25. The van der Waals surface area contributed by atoms with Gasteiger partial charge in [0, 0.05) is 5.41 Å². The molecule has 0 spiro atoms.